The first-order valence-electron chi connectivity index (χ1n) is 29.5. The zero-order chi connectivity index (χ0) is 60.1. The number of para-hydroxylation sites is 4. The smallest absolute Gasteiger partial charge is 0.164 e. The molecule has 0 spiro atoms. The lowest BCUT2D eigenvalue weighted by molar-refractivity contribution is 1.02. The standard InChI is InChI=1S/C80H44N10/c81-45-49-32-36-71-60(40-49)56-24-10-14-28-67(56)87(71)76-64(48-84)77(88-68-29-15-13-27-59(68)63-43-55(35-39-74(63)88)52-18-4-1-5-19-52)79(90-70-31-17-12-26-58(70)62-42-51(47-83)34-38-73(62)90)78(89-69-30-16-11-25-57(69)61-41-50(46-82)33-37-72(61)89)75(76)80-85-65(53-20-6-2-7-21-53)44-66(86-80)54-22-8-3-9-23-54/h1-44H. The molecule has 17 rings (SSSR count). The van der Waals surface area contributed by atoms with Crippen LogP contribution in [0.1, 0.15) is 22.3 Å². The second kappa shape index (κ2) is 20.3. The van der Waals surface area contributed by atoms with Crippen LogP contribution in [0, 0.1) is 45.3 Å². The molecule has 0 unspecified atom stereocenters. The minimum absolute atomic E-state index is 0.299. The van der Waals surface area contributed by atoms with Gasteiger partial charge in [-0.25, -0.2) is 9.97 Å². The van der Waals surface area contributed by atoms with E-state index >= 15 is 0 Å². The predicted octanol–water partition coefficient (Wildman–Crippen LogP) is 19.0. The van der Waals surface area contributed by atoms with Crippen LogP contribution in [0.4, 0.5) is 0 Å². The lowest BCUT2D eigenvalue weighted by Gasteiger charge is -2.29. The Morgan fingerprint density at radius 1 is 0.244 bits per heavy atom. The SMILES string of the molecule is N#Cc1ccc2c(c1)c1ccccc1n2-c1c(C#N)c(-n2c3ccccc3c3cc(-c4ccccc4)ccc32)c(-n2c3ccccc3c3cc(C#N)ccc32)c(-n2c3ccccc3c3cc(C#N)ccc32)c1-c1nc(-c2ccccc2)cc(-c2ccccc2)n1. The number of fused-ring (bicyclic) bond motifs is 12. The fourth-order valence-corrected chi connectivity index (χ4v) is 13.8. The molecule has 12 aromatic carbocycles. The highest BCUT2D eigenvalue weighted by Gasteiger charge is 2.36. The van der Waals surface area contributed by atoms with Crippen LogP contribution in [0.5, 0.6) is 0 Å². The van der Waals surface area contributed by atoms with Crippen molar-refractivity contribution >= 4 is 87.2 Å². The van der Waals surface area contributed by atoms with Crippen molar-refractivity contribution in [2.45, 2.75) is 0 Å². The molecular formula is C80H44N10. The number of nitrogens with zero attached hydrogens (tertiary/aromatic N) is 10. The van der Waals surface area contributed by atoms with Crippen LogP contribution in [-0.2, 0) is 0 Å². The van der Waals surface area contributed by atoms with E-state index in [-0.39, 0.29) is 0 Å². The normalized spacial score (nSPS) is 11.5. The predicted molar refractivity (Wildman–Crippen MR) is 360 cm³/mol. The van der Waals surface area contributed by atoms with E-state index in [4.69, 9.17) is 9.97 Å². The summed E-state index contributed by atoms with van der Waals surface area (Å²) < 4.78 is 9.02. The molecule has 0 atom stereocenters. The van der Waals surface area contributed by atoms with E-state index < -0.39 is 0 Å². The summed E-state index contributed by atoms with van der Waals surface area (Å²) in [7, 11) is 0. The molecule has 0 aliphatic heterocycles. The molecule has 10 heteroatoms. The van der Waals surface area contributed by atoms with Gasteiger partial charge in [-0.15, -0.1) is 0 Å². The van der Waals surface area contributed by atoms with E-state index in [2.05, 4.69) is 170 Å². The van der Waals surface area contributed by atoms with E-state index in [9.17, 15) is 21.0 Å². The molecule has 10 nitrogen and oxygen atoms in total. The molecule has 0 N–H and O–H groups in total. The molecule has 0 saturated heterocycles. The molecular weight excluding hydrogens is 1100 g/mol. The Balaban J connectivity index is 1.22. The van der Waals surface area contributed by atoms with Crippen LogP contribution in [-0.4, -0.2) is 28.2 Å². The fourth-order valence-electron chi connectivity index (χ4n) is 13.8. The van der Waals surface area contributed by atoms with Crippen molar-refractivity contribution in [2.24, 2.45) is 0 Å². The number of hydrogen-bond acceptors (Lipinski definition) is 6. The lowest BCUT2D eigenvalue weighted by Crippen LogP contribution is -2.17. The van der Waals surface area contributed by atoms with Gasteiger partial charge in [0.25, 0.3) is 0 Å². The topological polar surface area (TPSA) is 141 Å². The van der Waals surface area contributed by atoms with Crippen molar-refractivity contribution in [1.29, 1.82) is 21.0 Å². The second-order valence-electron chi connectivity index (χ2n) is 22.5. The first-order chi connectivity index (χ1) is 44.5. The maximum atomic E-state index is 13.2. The monoisotopic (exact) mass is 1140 g/mol. The van der Waals surface area contributed by atoms with E-state index in [1.807, 2.05) is 140 Å². The van der Waals surface area contributed by atoms with Crippen molar-refractivity contribution in [3.63, 3.8) is 0 Å². The molecule has 0 aliphatic carbocycles. The summed E-state index contributed by atoms with van der Waals surface area (Å²) in [5.74, 6) is 0.325. The molecule has 90 heavy (non-hydrogen) atoms. The molecule has 17 aromatic rings. The quantitative estimate of drug-likeness (QED) is 0.148. The van der Waals surface area contributed by atoms with Gasteiger partial charge in [0.15, 0.2) is 5.82 Å². The van der Waals surface area contributed by atoms with Gasteiger partial charge in [-0.3, -0.25) is 0 Å². The highest BCUT2D eigenvalue weighted by Crippen LogP contribution is 2.52. The van der Waals surface area contributed by atoms with Gasteiger partial charge in [0.05, 0.1) is 119 Å². The number of benzene rings is 12. The number of rotatable bonds is 8. The van der Waals surface area contributed by atoms with Gasteiger partial charge in [0.1, 0.15) is 11.6 Å². The average Bonchev–Trinajstić information content (AvgIpc) is 1.42. The average molecular weight is 1150 g/mol. The van der Waals surface area contributed by atoms with Crippen LogP contribution in [0.25, 0.3) is 155 Å². The highest BCUT2D eigenvalue weighted by atomic mass is 15.1. The van der Waals surface area contributed by atoms with Gasteiger partial charge >= 0.3 is 0 Å². The van der Waals surface area contributed by atoms with Gasteiger partial charge in [0.2, 0.25) is 0 Å². The van der Waals surface area contributed by atoms with E-state index in [1.165, 1.54) is 0 Å². The Kier molecular flexibility index (Phi) is 11.6. The second-order valence-corrected chi connectivity index (χ2v) is 22.5. The Morgan fingerprint density at radius 3 is 0.989 bits per heavy atom. The molecule has 0 saturated carbocycles. The Hall–Kier alpha value is -13.1. The molecule has 5 aromatic heterocycles. The molecule has 0 fully saturated rings. The number of hydrogen-bond donors (Lipinski definition) is 0. The molecule has 414 valence electrons. The third-order valence-electron chi connectivity index (χ3n) is 17.7. The molecule has 0 radical (unpaired) electrons. The third kappa shape index (κ3) is 7.67. The van der Waals surface area contributed by atoms with Crippen LogP contribution < -0.4 is 0 Å². The van der Waals surface area contributed by atoms with Gasteiger partial charge in [-0.2, -0.15) is 21.0 Å². The van der Waals surface area contributed by atoms with Crippen LogP contribution in [0.3, 0.4) is 0 Å². The van der Waals surface area contributed by atoms with E-state index in [0.717, 1.165) is 109 Å². The van der Waals surface area contributed by atoms with Gasteiger partial charge in [-0.1, -0.05) is 170 Å². The van der Waals surface area contributed by atoms with Crippen LogP contribution in [0.15, 0.2) is 267 Å². The Bertz CT molecular complexity index is 6020. The minimum Gasteiger partial charge on any atom is -0.307 e. The Labute approximate surface area is 514 Å². The minimum atomic E-state index is 0.299. The van der Waals surface area contributed by atoms with Crippen molar-refractivity contribution in [3.8, 4) is 92.1 Å². The van der Waals surface area contributed by atoms with Crippen molar-refractivity contribution in [2.75, 3.05) is 0 Å². The number of aromatic nitrogens is 6. The van der Waals surface area contributed by atoms with E-state index in [0.29, 0.717) is 67.8 Å². The lowest BCUT2D eigenvalue weighted by atomic mass is 9.96. The first kappa shape index (κ1) is 51.3. The van der Waals surface area contributed by atoms with Crippen LogP contribution >= 0.6 is 0 Å². The summed E-state index contributed by atoms with van der Waals surface area (Å²) in [6.07, 6.45) is 0. The summed E-state index contributed by atoms with van der Waals surface area (Å²) >= 11 is 0. The maximum absolute atomic E-state index is 13.2. The number of nitriles is 4. The summed E-state index contributed by atoms with van der Waals surface area (Å²) in [5, 5.41) is 52.2. The molecule has 0 bridgehead atoms. The largest absolute Gasteiger partial charge is 0.307 e. The summed E-state index contributed by atoms with van der Waals surface area (Å²) in [6, 6.07) is 100. The third-order valence-corrected chi connectivity index (χ3v) is 17.7. The maximum Gasteiger partial charge on any atom is 0.164 e. The first-order valence-corrected chi connectivity index (χ1v) is 29.5. The highest BCUT2D eigenvalue weighted by molar-refractivity contribution is 6.17. The molecule has 0 aliphatic rings. The van der Waals surface area contributed by atoms with Crippen molar-refractivity contribution in [3.05, 3.63) is 289 Å². The van der Waals surface area contributed by atoms with Gasteiger partial charge in [-0.05, 0) is 108 Å². The van der Waals surface area contributed by atoms with Crippen LogP contribution in [0.2, 0.25) is 0 Å². The fraction of sp³-hybridized carbons (Fsp3) is 0. The van der Waals surface area contributed by atoms with Crippen molar-refractivity contribution < 1.29 is 0 Å². The summed E-state index contributed by atoms with van der Waals surface area (Å²) in [5.41, 5.74) is 16.1. The Morgan fingerprint density at radius 2 is 0.578 bits per heavy atom. The zero-order valence-corrected chi connectivity index (χ0v) is 47.9. The summed E-state index contributed by atoms with van der Waals surface area (Å²) in [4.78, 5) is 11.6. The van der Waals surface area contributed by atoms with E-state index in [1.54, 1.807) is 0 Å². The summed E-state index contributed by atoms with van der Waals surface area (Å²) in [6.45, 7) is 0. The molecule has 5 heterocycles. The van der Waals surface area contributed by atoms with Crippen molar-refractivity contribution in [1.82, 2.24) is 28.2 Å². The zero-order valence-electron chi connectivity index (χ0n) is 47.9. The molecule has 0 amide bonds. The van der Waals surface area contributed by atoms with Gasteiger partial charge in [0, 0.05) is 54.2 Å². The van der Waals surface area contributed by atoms with Gasteiger partial charge < -0.3 is 18.3 Å².